The highest BCUT2D eigenvalue weighted by Crippen LogP contribution is 2.25. The maximum absolute atomic E-state index is 12.6. The summed E-state index contributed by atoms with van der Waals surface area (Å²) in [6, 6.07) is 20.7. The Morgan fingerprint density at radius 1 is 0.795 bits per heavy atom. The molecule has 0 saturated heterocycles. The lowest BCUT2D eigenvalue weighted by Gasteiger charge is -2.19. The first-order valence-electron chi connectivity index (χ1n) is 13.2. The number of hydrogen-bond acceptors (Lipinski definition) is 7. The molecule has 0 radical (unpaired) electrons. The summed E-state index contributed by atoms with van der Waals surface area (Å²) in [5.74, 6) is -5.10. The lowest BCUT2D eigenvalue weighted by molar-refractivity contribution is -0.202. The van der Waals surface area contributed by atoms with Gasteiger partial charge in [0.1, 0.15) is 5.75 Å². The summed E-state index contributed by atoms with van der Waals surface area (Å²) < 4.78 is 46.7. The average Bonchev–Trinajstić information content (AvgIpc) is 3.00. The van der Waals surface area contributed by atoms with Gasteiger partial charge in [0.2, 0.25) is 11.8 Å². The first-order chi connectivity index (χ1) is 21.0. The van der Waals surface area contributed by atoms with Gasteiger partial charge in [0.25, 0.3) is 0 Å². The summed E-state index contributed by atoms with van der Waals surface area (Å²) in [5.41, 5.74) is 2.44. The number of alkyl halides is 3. The number of hydrogen-bond donors (Lipinski definition) is 4. The SMILES string of the molecule is COc1ccccc1NC(=O)NCCC(=O)NCC(=O)NC(CC(=O)OC(=O)C(F)(F)F)c1ccc(-c2ccccc2)cc1. The van der Waals surface area contributed by atoms with Crippen LogP contribution >= 0.6 is 0 Å². The molecule has 14 heteroatoms. The first-order valence-corrected chi connectivity index (χ1v) is 13.2. The van der Waals surface area contributed by atoms with Gasteiger partial charge in [-0.1, -0.05) is 66.7 Å². The molecule has 0 bridgehead atoms. The molecule has 0 saturated carbocycles. The summed E-state index contributed by atoms with van der Waals surface area (Å²) in [4.78, 5) is 60.2. The molecule has 0 aliphatic heterocycles. The number of urea groups is 1. The van der Waals surface area contributed by atoms with Crippen molar-refractivity contribution in [2.24, 2.45) is 0 Å². The van der Waals surface area contributed by atoms with Crippen LogP contribution in [0.1, 0.15) is 24.4 Å². The Morgan fingerprint density at radius 3 is 2.09 bits per heavy atom. The van der Waals surface area contributed by atoms with Gasteiger partial charge in [-0.25, -0.2) is 9.59 Å². The zero-order valence-corrected chi connectivity index (χ0v) is 23.4. The van der Waals surface area contributed by atoms with E-state index in [2.05, 4.69) is 26.0 Å². The fraction of sp³-hybridized carbons (Fsp3) is 0.233. The number of methoxy groups -OCH3 is 1. The van der Waals surface area contributed by atoms with Crippen molar-refractivity contribution in [3.05, 3.63) is 84.4 Å². The molecule has 0 aliphatic carbocycles. The van der Waals surface area contributed by atoms with Gasteiger partial charge >= 0.3 is 24.1 Å². The summed E-state index contributed by atoms with van der Waals surface area (Å²) >= 11 is 0. The highest BCUT2D eigenvalue weighted by Gasteiger charge is 2.42. The zero-order chi connectivity index (χ0) is 32.1. The van der Waals surface area contributed by atoms with Crippen LogP contribution in [0.15, 0.2) is 78.9 Å². The number of anilines is 1. The minimum Gasteiger partial charge on any atom is -0.495 e. The van der Waals surface area contributed by atoms with Crippen LogP contribution in [0.5, 0.6) is 5.75 Å². The minimum atomic E-state index is -5.38. The Bertz CT molecular complexity index is 1470. The Morgan fingerprint density at radius 2 is 1.43 bits per heavy atom. The molecule has 0 spiro atoms. The number of carbonyl (C=O) groups is 5. The highest BCUT2D eigenvalue weighted by molar-refractivity contribution is 5.91. The van der Waals surface area contributed by atoms with Crippen LogP contribution in [0.2, 0.25) is 0 Å². The standard InChI is InChI=1S/C30H29F3N4O7/c1-43-24-10-6-5-9-22(24)37-29(42)34-16-15-25(38)35-18-26(39)36-23(17-27(40)44-28(41)30(31,32)33)21-13-11-20(12-14-21)19-7-3-2-4-8-19/h2-14,23H,15-18H2,1H3,(H,35,38)(H,36,39)(H2,34,37,42). The van der Waals surface area contributed by atoms with E-state index in [9.17, 15) is 37.1 Å². The second kappa shape index (κ2) is 15.7. The number of nitrogens with one attached hydrogen (secondary N) is 4. The van der Waals surface area contributed by atoms with E-state index >= 15 is 0 Å². The molecule has 4 amide bonds. The minimum absolute atomic E-state index is 0.0656. The predicted octanol–water partition coefficient (Wildman–Crippen LogP) is 3.87. The number of ether oxygens (including phenoxy) is 2. The van der Waals surface area contributed by atoms with Gasteiger partial charge in [0.15, 0.2) is 0 Å². The molecule has 3 rings (SSSR count). The van der Waals surface area contributed by atoms with E-state index in [1.165, 1.54) is 7.11 Å². The van der Waals surface area contributed by atoms with Crippen LogP contribution in [-0.2, 0) is 23.9 Å². The summed E-state index contributed by atoms with van der Waals surface area (Å²) in [7, 11) is 1.45. The molecule has 1 unspecified atom stereocenters. The molecule has 0 aromatic heterocycles. The van der Waals surface area contributed by atoms with Crippen molar-refractivity contribution in [1.82, 2.24) is 16.0 Å². The van der Waals surface area contributed by atoms with Gasteiger partial charge in [-0.05, 0) is 28.8 Å². The van der Waals surface area contributed by atoms with E-state index in [1.54, 1.807) is 48.5 Å². The topological polar surface area (TPSA) is 152 Å². The zero-order valence-electron chi connectivity index (χ0n) is 23.4. The van der Waals surface area contributed by atoms with Crippen molar-refractivity contribution < 1.29 is 46.6 Å². The van der Waals surface area contributed by atoms with Crippen molar-refractivity contribution in [2.45, 2.75) is 25.1 Å². The van der Waals surface area contributed by atoms with Crippen LogP contribution in [0.3, 0.4) is 0 Å². The van der Waals surface area contributed by atoms with Crippen molar-refractivity contribution in [1.29, 1.82) is 0 Å². The molecule has 0 heterocycles. The van der Waals surface area contributed by atoms with Crippen LogP contribution in [0.25, 0.3) is 11.1 Å². The fourth-order valence-electron chi connectivity index (χ4n) is 3.88. The largest absolute Gasteiger partial charge is 0.495 e. The van der Waals surface area contributed by atoms with E-state index in [1.807, 2.05) is 30.3 Å². The lowest BCUT2D eigenvalue weighted by Crippen LogP contribution is -2.40. The smallest absolute Gasteiger partial charge is 0.491 e. The molecule has 1 atom stereocenters. The van der Waals surface area contributed by atoms with E-state index in [-0.39, 0.29) is 13.0 Å². The number of halogens is 3. The first kappa shape index (κ1) is 33.1. The van der Waals surface area contributed by atoms with Crippen molar-refractivity contribution in [3.8, 4) is 16.9 Å². The lowest BCUT2D eigenvalue weighted by atomic mass is 9.99. The highest BCUT2D eigenvalue weighted by atomic mass is 19.4. The Kier molecular flexibility index (Phi) is 11.8. The third-order valence-electron chi connectivity index (χ3n) is 6.00. The Balaban J connectivity index is 1.55. The molecular formula is C30H29F3N4O7. The normalized spacial score (nSPS) is 11.5. The predicted molar refractivity (Wildman–Crippen MR) is 152 cm³/mol. The number of esters is 2. The van der Waals surface area contributed by atoms with Gasteiger partial charge < -0.3 is 30.7 Å². The molecule has 3 aromatic carbocycles. The molecule has 11 nitrogen and oxygen atoms in total. The molecule has 4 N–H and O–H groups in total. The number of para-hydroxylation sites is 2. The molecular weight excluding hydrogens is 585 g/mol. The average molecular weight is 615 g/mol. The number of rotatable bonds is 12. The molecule has 0 aliphatic rings. The van der Waals surface area contributed by atoms with E-state index in [0.717, 1.165) is 11.1 Å². The maximum Gasteiger partial charge on any atom is 0.491 e. The van der Waals surface area contributed by atoms with Crippen LogP contribution < -0.4 is 26.0 Å². The van der Waals surface area contributed by atoms with Crippen molar-refractivity contribution in [2.75, 3.05) is 25.5 Å². The second-order valence-electron chi connectivity index (χ2n) is 9.18. The van der Waals surface area contributed by atoms with Gasteiger partial charge in [-0.2, -0.15) is 13.2 Å². The van der Waals surface area contributed by atoms with E-state index in [0.29, 0.717) is 17.0 Å². The molecule has 3 aromatic rings. The quantitative estimate of drug-likeness (QED) is 0.179. The van der Waals surface area contributed by atoms with Crippen molar-refractivity contribution >= 4 is 35.5 Å². The fourth-order valence-corrected chi connectivity index (χ4v) is 3.88. The molecule has 44 heavy (non-hydrogen) atoms. The van der Waals surface area contributed by atoms with Crippen LogP contribution in [0, 0.1) is 0 Å². The van der Waals surface area contributed by atoms with Crippen LogP contribution in [0.4, 0.5) is 23.7 Å². The Hall–Kier alpha value is -5.40. The van der Waals surface area contributed by atoms with Crippen molar-refractivity contribution in [3.63, 3.8) is 0 Å². The number of carbonyl (C=O) groups excluding carboxylic acids is 5. The van der Waals surface area contributed by atoms with E-state index in [4.69, 9.17) is 4.74 Å². The van der Waals surface area contributed by atoms with E-state index < -0.39 is 55.0 Å². The third kappa shape index (κ3) is 10.5. The monoisotopic (exact) mass is 614 g/mol. The number of amides is 4. The molecule has 232 valence electrons. The van der Waals surface area contributed by atoms with Gasteiger partial charge in [0, 0.05) is 13.0 Å². The van der Waals surface area contributed by atoms with Gasteiger partial charge in [-0.15, -0.1) is 0 Å². The van der Waals surface area contributed by atoms with Gasteiger partial charge in [-0.3, -0.25) is 14.4 Å². The second-order valence-corrected chi connectivity index (χ2v) is 9.18. The summed E-state index contributed by atoms with van der Waals surface area (Å²) in [6.45, 7) is -0.606. The Labute approximate surface area is 250 Å². The maximum atomic E-state index is 12.6. The molecule has 0 fully saturated rings. The third-order valence-corrected chi connectivity index (χ3v) is 6.00. The summed E-state index contributed by atoms with van der Waals surface area (Å²) in [5, 5.41) is 9.89. The van der Waals surface area contributed by atoms with Gasteiger partial charge in [0.05, 0.1) is 31.8 Å². The number of benzene rings is 3. The summed E-state index contributed by atoms with van der Waals surface area (Å²) in [6.07, 6.45) is -6.35. The van der Waals surface area contributed by atoms with Crippen LogP contribution in [-0.4, -0.2) is 56.2 Å².